The van der Waals surface area contributed by atoms with Crippen LogP contribution in [0.3, 0.4) is 0 Å². The fourth-order valence-corrected chi connectivity index (χ4v) is 4.31. The van der Waals surface area contributed by atoms with Crippen molar-refractivity contribution in [3.63, 3.8) is 0 Å². The van der Waals surface area contributed by atoms with Gasteiger partial charge in [-0.05, 0) is 25.7 Å². The molecule has 0 atom stereocenters. The minimum absolute atomic E-state index is 0.722. The summed E-state index contributed by atoms with van der Waals surface area (Å²) in [5.74, 6) is -0.821. The molecule has 0 radical (unpaired) electrons. The maximum atomic E-state index is 6.23. The Balaban J connectivity index is 4.03. The molecule has 0 aromatic rings. The van der Waals surface area contributed by atoms with E-state index in [0.29, 0.717) is 0 Å². The molecule has 0 unspecified atom stereocenters. The van der Waals surface area contributed by atoms with Gasteiger partial charge in [0.1, 0.15) is 0 Å². The zero-order valence-corrected chi connectivity index (χ0v) is 24.9. The Labute approximate surface area is 225 Å². The van der Waals surface area contributed by atoms with Gasteiger partial charge in [0.05, 0.1) is 19.8 Å². The minimum atomic E-state index is -0.821. The molecule has 0 saturated carbocycles. The van der Waals surface area contributed by atoms with Gasteiger partial charge in [-0.15, -0.1) is 0 Å². The molecule has 0 saturated heterocycles. The van der Waals surface area contributed by atoms with E-state index in [1.165, 1.54) is 81.8 Å². The molecular formula is C30H59O3Ti. The third-order valence-corrected chi connectivity index (χ3v) is 6.83. The zero-order valence-electron chi connectivity index (χ0n) is 23.4. The van der Waals surface area contributed by atoms with Crippen LogP contribution in [0.15, 0.2) is 12.2 Å². The summed E-state index contributed by atoms with van der Waals surface area (Å²) >= 11 is 2.29. The molecule has 0 aromatic heterocycles. The number of hydrogen-bond acceptors (Lipinski definition) is 3. The second-order valence-electron chi connectivity index (χ2n) is 9.73. The van der Waals surface area contributed by atoms with Crippen LogP contribution in [0.1, 0.15) is 149 Å². The molecule has 0 aliphatic carbocycles. The third-order valence-electron chi connectivity index (χ3n) is 6.28. The molecule has 201 valence electrons. The van der Waals surface area contributed by atoms with Gasteiger partial charge < -0.3 is 14.2 Å². The van der Waals surface area contributed by atoms with Gasteiger partial charge >= 0.3 is 95.1 Å². The first-order valence-electron chi connectivity index (χ1n) is 15.0. The van der Waals surface area contributed by atoms with E-state index in [2.05, 4.69) is 53.4 Å². The van der Waals surface area contributed by atoms with Crippen molar-refractivity contribution in [2.24, 2.45) is 0 Å². The van der Waals surface area contributed by atoms with Crippen LogP contribution in [0.2, 0.25) is 4.73 Å². The first kappa shape index (κ1) is 34.3. The van der Waals surface area contributed by atoms with Crippen LogP contribution in [0.4, 0.5) is 0 Å². The van der Waals surface area contributed by atoms with Gasteiger partial charge in [-0.2, -0.15) is 0 Å². The predicted octanol–water partition coefficient (Wildman–Crippen LogP) is 10.1. The molecule has 0 N–H and O–H groups in total. The van der Waals surface area contributed by atoms with Crippen LogP contribution < -0.4 is 0 Å². The number of rotatable bonds is 28. The van der Waals surface area contributed by atoms with Crippen molar-refractivity contribution in [2.45, 2.75) is 160 Å². The summed E-state index contributed by atoms with van der Waals surface area (Å²) in [6, 6.07) is 0. The van der Waals surface area contributed by atoms with Gasteiger partial charge in [-0.1, -0.05) is 59.3 Å². The molecule has 0 bridgehead atoms. The summed E-state index contributed by atoms with van der Waals surface area (Å²) in [6.07, 6.45) is 29.5. The van der Waals surface area contributed by atoms with Crippen molar-refractivity contribution < 1.29 is 34.6 Å². The molecule has 34 heavy (non-hydrogen) atoms. The van der Waals surface area contributed by atoms with E-state index in [-0.39, 0.29) is 0 Å². The minimum Gasteiger partial charge on any atom is -0.327 e. The fraction of sp³-hybridized carbons (Fsp3) is 0.933. The molecule has 0 heterocycles. The monoisotopic (exact) mass is 515 g/mol. The normalized spacial score (nSPS) is 12.2. The van der Waals surface area contributed by atoms with Gasteiger partial charge in [-0.3, -0.25) is 0 Å². The molecule has 0 amide bonds. The number of ether oxygens (including phenoxy) is 3. The Morgan fingerprint density at radius 1 is 0.500 bits per heavy atom. The van der Waals surface area contributed by atoms with Crippen LogP contribution in [0.25, 0.3) is 0 Å². The van der Waals surface area contributed by atoms with Gasteiger partial charge in [0.2, 0.25) is 0 Å². The van der Waals surface area contributed by atoms with Crippen molar-refractivity contribution in [3.8, 4) is 0 Å². The Hall–Kier alpha value is 0.334. The summed E-state index contributed by atoms with van der Waals surface area (Å²) < 4.78 is 20.0. The summed E-state index contributed by atoms with van der Waals surface area (Å²) in [6.45, 7) is 8.77. The van der Waals surface area contributed by atoms with Gasteiger partial charge in [0, 0.05) is 6.42 Å². The van der Waals surface area contributed by atoms with E-state index in [4.69, 9.17) is 14.2 Å². The SMILES string of the molecule is CCCCOC(CCCCCCC/C=C\CCCCCCC[CH2][Ti])(OCCCC)OCCCC. The zero-order chi connectivity index (χ0) is 25.0. The first-order chi connectivity index (χ1) is 16.7. The predicted molar refractivity (Wildman–Crippen MR) is 144 cm³/mol. The Morgan fingerprint density at radius 2 is 0.882 bits per heavy atom. The van der Waals surface area contributed by atoms with E-state index in [1.807, 2.05) is 0 Å². The Bertz CT molecular complexity index is 387. The Kier molecular flexibility index (Phi) is 28.2. The van der Waals surface area contributed by atoms with Crippen LogP contribution in [0.5, 0.6) is 0 Å². The average molecular weight is 516 g/mol. The first-order valence-corrected chi connectivity index (χ1v) is 16.1. The van der Waals surface area contributed by atoms with Crippen molar-refractivity contribution in [3.05, 3.63) is 12.2 Å². The summed E-state index contributed by atoms with van der Waals surface area (Å²) in [7, 11) is 0. The number of hydrogen-bond donors (Lipinski definition) is 0. The molecule has 0 aliphatic rings. The number of unbranched alkanes of at least 4 members (excludes halogenated alkanes) is 14. The van der Waals surface area contributed by atoms with E-state index < -0.39 is 5.97 Å². The molecule has 0 rings (SSSR count). The van der Waals surface area contributed by atoms with E-state index >= 15 is 0 Å². The fourth-order valence-electron chi connectivity index (χ4n) is 3.92. The largest absolute Gasteiger partial charge is 0.327 e. The van der Waals surface area contributed by atoms with Crippen molar-refractivity contribution >= 4 is 0 Å². The van der Waals surface area contributed by atoms with E-state index in [0.717, 1.165) is 71.2 Å². The van der Waals surface area contributed by atoms with Crippen LogP contribution >= 0.6 is 0 Å². The maximum Gasteiger partial charge on any atom is 0.0524 e. The standard InChI is InChI=1S/C30H59O3.Ti/c1-5-9-13-14-15-16-17-18-19-20-21-22-23-24-25-26-30(31-27-10-6-2,32-28-11-7-3)33-29-12-8-4;/h18-19H,1,5-17,20-29H2,2-4H3;/b19-18-;. The summed E-state index contributed by atoms with van der Waals surface area (Å²) in [4.78, 5) is 0. The van der Waals surface area contributed by atoms with Crippen molar-refractivity contribution in [1.82, 2.24) is 0 Å². The van der Waals surface area contributed by atoms with Crippen LogP contribution in [-0.4, -0.2) is 25.8 Å². The topological polar surface area (TPSA) is 27.7 Å². The van der Waals surface area contributed by atoms with E-state index in [1.54, 1.807) is 0 Å². The third kappa shape index (κ3) is 22.8. The molecule has 0 spiro atoms. The maximum absolute atomic E-state index is 6.23. The quantitative estimate of drug-likeness (QED) is 0.0449. The number of allylic oxidation sites excluding steroid dienone is 2. The Morgan fingerprint density at radius 3 is 1.29 bits per heavy atom. The van der Waals surface area contributed by atoms with Crippen LogP contribution in [-0.2, 0) is 34.6 Å². The molecule has 0 aliphatic heterocycles. The van der Waals surface area contributed by atoms with Crippen molar-refractivity contribution in [2.75, 3.05) is 19.8 Å². The second-order valence-corrected chi connectivity index (χ2v) is 10.5. The van der Waals surface area contributed by atoms with Gasteiger partial charge in [-0.25, -0.2) is 0 Å². The van der Waals surface area contributed by atoms with Crippen LogP contribution in [0, 0.1) is 0 Å². The van der Waals surface area contributed by atoms with Gasteiger partial charge in [0.25, 0.3) is 5.97 Å². The summed E-state index contributed by atoms with van der Waals surface area (Å²) in [5, 5.41) is 0. The molecule has 3 nitrogen and oxygen atoms in total. The molecule has 0 fully saturated rings. The average Bonchev–Trinajstić information content (AvgIpc) is 2.84. The van der Waals surface area contributed by atoms with E-state index in [9.17, 15) is 0 Å². The smallest absolute Gasteiger partial charge is 0.0524 e. The second kappa shape index (κ2) is 27.9. The van der Waals surface area contributed by atoms with Crippen molar-refractivity contribution in [1.29, 1.82) is 0 Å². The molecule has 4 heteroatoms. The summed E-state index contributed by atoms with van der Waals surface area (Å²) in [5.41, 5.74) is 0. The molecule has 0 aromatic carbocycles. The molecular weight excluding hydrogens is 456 g/mol. The van der Waals surface area contributed by atoms with Gasteiger partial charge in [0.15, 0.2) is 0 Å².